The molecule has 0 unspecified atom stereocenters. The molecule has 6 heteroatoms. The van der Waals surface area contributed by atoms with E-state index in [1.54, 1.807) is 0 Å². The third-order valence-corrected chi connectivity index (χ3v) is 1.19. The summed E-state index contributed by atoms with van der Waals surface area (Å²) in [6.45, 7) is 0. The van der Waals surface area contributed by atoms with Crippen LogP contribution in [0.3, 0.4) is 0 Å². The van der Waals surface area contributed by atoms with Crippen molar-refractivity contribution in [3.63, 3.8) is 0 Å². The second-order valence-corrected chi connectivity index (χ2v) is 1.84. The van der Waals surface area contributed by atoms with Crippen molar-refractivity contribution < 1.29 is 9.13 Å². The highest BCUT2D eigenvalue weighted by atomic mass is 35.5. The van der Waals surface area contributed by atoms with Crippen molar-refractivity contribution in [3.8, 4) is 5.88 Å². The Morgan fingerprint density at radius 3 is 2.67 bits per heavy atom. The molecule has 0 atom stereocenters. The van der Waals surface area contributed by atoms with Crippen LogP contribution in [0.4, 0.5) is 10.1 Å². The third kappa shape index (κ3) is 2.21. The fraction of sp³-hybridized carbons (Fsp3) is 0.167. The van der Waals surface area contributed by atoms with Crippen molar-refractivity contribution in [1.29, 1.82) is 0 Å². The average Bonchev–Trinajstić information content (AvgIpc) is 2.04. The van der Waals surface area contributed by atoms with Crippen molar-refractivity contribution in [2.75, 3.05) is 12.5 Å². The van der Waals surface area contributed by atoms with Crippen LogP contribution in [0.15, 0.2) is 12.1 Å². The Hall–Kier alpha value is -1.07. The van der Waals surface area contributed by atoms with Gasteiger partial charge in [-0.1, -0.05) is 0 Å². The fourth-order valence-electron chi connectivity index (χ4n) is 0.639. The van der Waals surface area contributed by atoms with E-state index in [0.29, 0.717) is 0 Å². The van der Waals surface area contributed by atoms with Gasteiger partial charge in [-0.2, -0.15) is 9.37 Å². The lowest BCUT2D eigenvalue weighted by atomic mass is 10.4. The monoisotopic (exact) mass is 193 g/mol. The van der Waals surface area contributed by atoms with Crippen molar-refractivity contribution >= 4 is 18.1 Å². The zero-order chi connectivity index (χ0) is 8.27. The number of anilines is 1. The molecule has 0 saturated heterocycles. The Bertz CT molecular complexity index is 259. The van der Waals surface area contributed by atoms with E-state index in [-0.39, 0.29) is 24.0 Å². The van der Waals surface area contributed by atoms with Crippen LogP contribution in [0.25, 0.3) is 0 Å². The number of rotatable bonds is 2. The smallest absolute Gasteiger partial charge is 0.240 e. The summed E-state index contributed by atoms with van der Waals surface area (Å²) in [5, 5.41) is 0. The average molecular weight is 194 g/mol. The minimum Gasteiger partial charge on any atom is -0.481 e. The number of hydrogen-bond donors (Lipinski definition) is 2. The lowest BCUT2D eigenvalue weighted by Crippen LogP contribution is -2.09. The summed E-state index contributed by atoms with van der Waals surface area (Å²) in [7, 11) is 1.41. The number of nitrogens with one attached hydrogen (secondary N) is 1. The van der Waals surface area contributed by atoms with Crippen LogP contribution in [0.1, 0.15) is 0 Å². The number of hydrogen-bond acceptors (Lipinski definition) is 4. The highest BCUT2D eigenvalue weighted by molar-refractivity contribution is 5.85. The molecule has 0 saturated carbocycles. The van der Waals surface area contributed by atoms with Gasteiger partial charge in [-0.3, -0.25) is 5.84 Å². The molecule has 1 aromatic heterocycles. The largest absolute Gasteiger partial charge is 0.481 e. The van der Waals surface area contributed by atoms with Gasteiger partial charge in [0, 0.05) is 6.07 Å². The summed E-state index contributed by atoms with van der Waals surface area (Å²) < 4.78 is 17.4. The van der Waals surface area contributed by atoms with Crippen LogP contribution >= 0.6 is 12.4 Å². The molecule has 1 rings (SSSR count). The summed E-state index contributed by atoms with van der Waals surface area (Å²) in [4.78, 5) is 3.43. The molecule has 0 radical (unpaired) electrons. The van der Waals surface area contributed by atoms with E-state index in [4.69, 9.17) is 5.84 Å². The van der Waals surface area contributed by atoms with Crippen LogP contribution in [-0.4, -0.2) is 12.1 Å². The van der Waals surface area contributed by atoms with Gasteiger partial charge in [0.1, 0.15) is 5.69 Å². The second kappa shape index (κ2) is 4.74. The van der Waals surface area contributed by atoms with Crippen LogP contribution in [0.2, 0.25) is 0 Å². The first kappa shape index (κ1) is 10.9. The Morgan fingerprint density at radius 2 is 2.25 bits per heavy atom. The summed E-state index contributed by atoms with van der Waals surface area (Å²) in [5.74, 6) is 4.52. The van der Waals surface area contributed by atoms with Crippen LogP contribution in [-0.2, 0) is 0 Å². The first-order valence-electron chi connectivity index (χ1n) is 2.95. The van der Waals surface area contributed by atoms with Gasteiger partial charge in [-0.25, -0.2) is 0 Å². The number of hydrazine groups is 1. The van der Waals surface area contributed by atoms with Gasteiger partial charge >= 0.3 is 0 Å². The SMILES string of the molecule is COc1ccc(NN)c(F)n1.Cl. The molecule has 0 aliphatic rings. The van der Waals surface area contributed by atoms with Crippen molar-refractivity contribution in [1.82, 2.24) is 4.98 Å². The molecule has 4 nitrogen and oxygen atoms in total. The lowest BCUT2D eigenvalue weighted by Gasteiger charge is -2.02. The third-order valence-electron chi connectivity index (χ3n) is 1.19. The maximum Gasteiger partial charge on any atom is 0.240 e. The lowest BCUT2D eigenvalue weighted by molar-refractivity contribution is 0.388. The van der Waals surface area contributed by atoms with E-state index in [0.717, 1.165) is 0 Å². The molecule has 12 heavy (non-hydrogen) atoms. The first-order chi connectivity index (χ1) is 5.27. The summed E-state index contributed by atoms with van der Waals surface area (Å²) >= 11 is 0. The number of ether oxygens (including phenoxy) is 1. The van der Waals surface area contributed by atoms with Gasteiger partial charge in [0.2, 0.25) is 11.8 Å². The molecule has 68 valence electrons. The molecule has 0 bridgehead atoms. The molecule has 1 aromatic rings. The number of halogens is 2. The van der Waals surface area contributed by atoms with Crippen molar-refractivity contribution in [2.45, 2.75) is 0 Å². The predicted octanol–water partition coefficient (Wildman–Crippen LogP) is 0.937. The number of nitrogens with zero attached hydrogens (tertiary/aromatic N) is 1. The van der Waals surface area contributed by atoms with Gasteiger partial charge in [0.25, 0.3) is 0 Å². The zero-order valence-electron chi connectivity index (χ0n) is 6.37. The number of aromatic nitrogens is 1. The summed E-state index contributed by atoms with van der Waals surface area (Å²) in [6.07, 6.45) is 0. The molecular weight excluding hydrogens is 185 g/mol. The van der Waals surface area contributed by atoms with Crippen molar-refractivity contribution in [3.05, 3.63) is 18.1 Å². The van der Waals surface area contributed by atoms with Crippen LogP contribution < -0.4 is 16.0 Å². The minimum absolute atomic E-state index is 0. The number of nitrogens with two attached hydrogens (primary N) is 1. The maximum absolute atomic E-state index is 12.7. The van der Waals surface area contributed by atoms with Crippen molar-refractivity contribution in [2.24, 2.45) is 5.84 Å². The topological polar surface area (TPSA) is 60.2 Å². The van der Waals surface area contributed by atoms with Gasteiger partial charge in [0.05, 0.1) is 7.11 Å². The highest BCUT2D eigenvalue weighted by Crippen LogP contribution is 2.14. The Balaban J connectivity index is 0.00000121. The fourth-order valence-corrected chi connectivity index (χ4v) is 0.639. The van der Waals surface area contributed by atoms with E-state index in [1.165, 1.54) is 19.2 Å². The highest BCUT2D eigenvalue weighted by Gasteiger charge is 2.02. The predicted molar refractivity (Wildman–Crippen MR) is 45.8 cm³/mol. The first-order valence-corrected chi connectivity index (χ1v) is 2.95. The molecule has 3 N–H and O–H groups in total. The molecule has 0 aromatic carbocycles. The summed E-state index contributed by atoms with van der Waals surface area (Å²) in [5.41, 5.74) is 2.30. The second-order valence-electron chi connectivity index (χ2n) is 1.84. The van der Waals surface area contributed by atoms with Gasteiger partial charge in [-0.05, 0) is 6.07 Å². The summed E-state index contributed by atoms with van der Waals surface area (Å²) in [6, 6.07) is 2.96. The Labute approximate surface area is 75.3 Å². The van der Waals surface area contributed by atoms with Crippen LogP contribution in [0, 0.1) is 5.95 Å². The number of nitrogen functional groups attached to an aromatic ring is 1. The molecule has 0 amide bonds. The maximum atomic E-state index is 12.7. The number of methoxy groups -OCH3 is 1. The molecule has 0 fully saturated rings. The standard InChI is InChI=1S/C6H8FN3O.ClH/c1-11-5-3-2-4(10-8)6(7)9-5;/h2-3,10H,8H2,1H3;1H. The molecule has 0 spiro atoms. The van der Waals surface area contributed by atoms with E-state index in [1.807, 2.05) is 0 Å². The minimum atomic E-state index is -0.674. The normalized spacial score (nSPS) is 8.58. The quantitative estimate of drug-likeness (QED) is 0.417. The van der Waals surface area contributed by atoms with E-state index in [9.17, 15) is 4.39 Å². The number of pyridine rings is 1. The van der Waals surface area contributed by atoms with E-state index >= 15 is 0 Å². The Kier molecular flexibility index (Phi) is 4.31. The van der Waals surface area contributed by atoms with E-state index < -0.39 is 5.95 Å². The Morgan fingerprint density at radius 1 is 1.58 bits per heavy atom. The van der Waals surface area contributed by atoms with Gasteiger partial charge in [0.15, 0.2) is 0 Å². The zero-order valence-corrected chi connectivity index (χ0v) is 7.19. The molecular formula is C6H9ClFN3O. The molecule has 0 aliphatic heterocycles. The molecule has 0 aliphatic carbocycles. The van der Waals surface area contributed by atoms with Crippen LogP contribution in [0.5, 0.6) is 5.88 Å². The van der Waals surface area contributed by atoms with Gasteiger partial charge < -0.3 is 10.2 Å². The van der Waals surface area contributed by atoms with Gasteiger partial charge in [-0.15, -0.1) is 12.4 Å². The molecule has 1 heterocycles. The van der Waals surface area contributed by atoms with E-state index in [2.05, 4.69) is 15.1 Å².